The number of allylic oxidation sites excluding steroid dienone is 2. The van der Waals surface area contributed by atoms with Gasteiger partial charge in [-0.15, -0.1) is 0 Å². The number of aliphatic carboxylic acids is 1. The lowest BCUT2D eigenvalue weighted by Crippen LogP contribution is -2.20. The Morgan fingerprint density at radius 1 is 1.38 bits per heavy atom. The monoisotopic (exact) mass is 358 g/mol. The molecule has 1 aromatic carbocycles. The van der Waals surface area contributed by atoms with E-state index < -0.39 is 29.3 Å². The van der Waals surface area contributed by atoms with Crippen LogP contribution in [0.2, 0.25) is 0 Å². The highest BCUT2D eigenvalue weighted by atomic mass is 32.1. The second kappa shape index (κ2) is 7.65. The lowest BCUT2D eigenvalue weighted by molar-refractivity contribution is -0.136. The predicted octanol–water partition coefficient (Wildman–Crippen LogP) is 3.15. The molecule has 1 fully saturated rings. The first-order chi connectivity index (χ1) is 11.3. The number of likely N-dealkylation sites (tertiary alicyclic amines) is 1. The van der Waals surface area contributed by atoms with Gasteiger partial charge in [0.15, 0.2) is 11.6 Å². The Bertz CT molecular complexity index is 694. The van der Waals surface area contributed by atoms with Gasteiger partial charge in [-0.3, -0.25) is 4.79 Å². The van der Waals surface area contributed by atoms with Crippen LogP contribution in [0.15, 0.2) is 23.5 Å². The van der Waals surface area contributed by atoms with E-state index in [4.69, 9.17) is 17.3 Å². The summed E-state index contributed by atoms with van der Waals surface area (Å²) < 4.78 is 41.4. The van der Waals surface area contributed by atoms with E-state index in [1.54, 1.807) is 11.9 Å². The fraction of sp³-hybridized carbons (Fsp3) is 0.375. The molecule has 1 saturated heterocycles. The zero-order valence-corrected chi connectivity index (χ0v) is 13.8. The van der Waals surface area contributed by atoms with Gasteiger partial charge in [-0.1, -0.05) is 12.2 Å². The summed E-state index contributed by atoms with van der Waals surface area (Å²) in [5, 5.41) is 11.7. The second-order valence-electron chi connectivity index (χ2n) is 5.62. The number of nitrogens with one attached hydrogen (secondary N) is 1. The van der Waals surface area contributed by atoms with Crippen molar-refractivity contribution in [1.82, 2.24) is 10.2 Å². The van der Waals surface area contributed by atoms with Crippen LogP contribution in [0.1, 0.15) is 30.7 Å². The van der Waals surface area contributed by atoms with E-state index in [1.807, 2.05) is 0 Å². The highest BCUT2D eigenvalue weighted by Crippen LogP contribution is 2.37. The quantitative estimate of drug-likeness (QED) is 0.604. The molecule has 8 heteroatoms. The first kappa shape index (κ1) is 18.3. The number of halogens is 3. The molecular formula is C16H17F3N2O2S. The Morgan fingerprint density at radius 2 is 2.04 bits per heavy atom. The molecule has 2 rings (SSSR count). The Balaban J connectivity index is 2.33. The predicted molar refractivity (Wildman–Crippen MR) is 87.0 cm³/mol. The molecule has 1 aromatic rings. The molecule has 0 saturated carbocycles. The molecule has 4 nitrogen and oxygen atoms in total. The molecule has 0 aliphatic carbocycles. The fourth-order valence-corrected chi connectivity index (χ4v) is 3.10. The van der Waals surface area contributed by atoms with Crippen LogP contribution in [-0.2, 0) is 4.79 Å². The molecule has 0 amide bonds. The molecule has 2 N–H and O–H groups in total. The van der Waals surface area contributed by atoms with E-state index >= 15 is 0 Å². The number of nitrogens with zero attached hydrogens (tertiary/aromatic N) is 1. The number of rotatable bonds is 6. The maximum atomic E-state index is 14.0. The lowest BCUT2D eigenvalue weighted by atomic mass is 9.95. The molecule has 24 heavy (non-hydrogen) atoms. The molecule has 130 valence electrons. The minimum Gasteiger partial charge on any atom is -0.481 e. The van der Waals surface area contributed by atoms with E-state index in [2.05, 4.69) is 5.32 Å². The van der Waals surface area contributed by atoms with Crippen molar-refractivity contribution in [3.05, 3.63) is 46.5 Å². The fourth-order valence-electron chi connectivity index (χ4n) is 2.96. The Hall–Kier alpha value is -2.09. The van der Waals surface area contributed by atoms with Gasteiger partial charge in [0.2, 0.25) is 0 Å². The van der Waals surface area contributed by atoms with Crippen LogP contribution >= 0.6 is 12.2 Å². The summed E-state index contributed by atoms with van der Waals surface area (Å²) in [5.41, 5.74) is 2.28. The maximum Gasteiger partial charge on any atom is 0.303 e. The molecule has 0 spiro atoms. The number of carboxylic acids is 1. The van der Waals surface area contributed by atoms with Crippen LogP contribution in [0, 0.1) is 17.5 Å². The van der Waals surface area contributed by atoms with Crippen molar-refractivity contribution in [3.8, 4) is 0 Å². The van der Waals surface area contributed by atoms with Gasteiger partial charge in [0.05, 0.1) is 11.9 Å². The maximum absolute atomic E-state index is 14.0. The number of benzene rings is 1. The van der Waals surface area contributed by atoms with Crippen molar-refractivity contribution in [3.63, 3.8) is 0 Å². The second-order valence-corrected chi connectivity index (χ2v) is 5.86. The zero-order valence-electron chi connectivity index (χ0n) is 13.0. The first-order valence-electron chi connectivity index (χ1n) is 7.33. The first-order valence-corrected chi connectivity index (χ1v) is 7.80. The molecule has 1 unspecified atom stereocenters. The highest BCUT2D eigenvalue weighted by Gasteiger charge is 2.32. The summed E-state index contributed by atoms with van der Waals surface area (Å²) in [6, 6.07) is 1.67. The van der Waals surface area contributed by atoms with Crippen LogP contribution in [0.25, 0.3) is 0 Å². The summed E-state index contributed by atoms with van der Waals surface area (Å²) in [7, 11) is 1.73. The van der Waals surface area contributed by atoms with Crippen LogP contribution in [0.3, 0.4) is 0 Å². The number of hydrogen-bond donors (Lipinski definition) is 2. The Labute approximate surface area is 143 Å². The SMILES string of the molecule is CN1CC(c2c(F)ccc(F)c2F)C/C1=C(\CCC(=O)O)NC=S. The van der Waals surface area contributed by atoms with Crippen molar-refractivity contribution in [2.24, 2.45) is 0 Å². The summed E-state index contributed by atoms with van der Waals surface area (Å²) in [5.74, 6) is -4.58. The third kappa shape index (κ3) is 3.87. The molecule has 0 radical (unpaired) electrons. The number of hydrogen-bond acceptors (Lipinski definition) is 3. The van der Waals surface area contributed by atoms with Crippen LogP contribution in [-0.4, -0.2) is 35.1 Å². The molecular weight excluding hydrogens is 341 g/mol. The third-order valence-corrected chi connectivity index (χ3v) is 4.17. The zero-order chi connectivity index (χ0) is 17.9. The molecule has 1 aliphatic heterocycles. The lowest BCUT2D eigenvalue weighted by Gasteiger charge is -2.18. The van der Waals surface area contributed by atoms with Gasteiger partial charge in [0.1, 0.15) is 5.82 Å². The summed E-state index contributed by atoms with van der Waals surface area (Å²) >= 11 is 4.76. The standard InChI is InChI=1S/C16H17F3N2O2S/c1-21-7-9(15-10(17)2-3-11(18)16(15)19)6-13(21)12(20-8-24)4-5-14(22)23/h2-3,8-9H,4-7H2,1H3,(H,20,24)(H,22,23)/b13-12-. The molecule has 1 heterocycles. The topological polar surface area (TPSA) is 52.6 Å². The van der Waals surface area contributed by atoms with Gasteiger partial charge in [0, 0.05) is 36.5 Å². The van der Waals surface area contributed by atoms with E-state index in [-0.39, 0.29) is 24.8 Å². The van der Waals surface area contributed by atoms with Crippen molar-refractivity contribution in [2.45, 2.75) is 25.2 Å². The highest BCUT2D eigenvalue weighted by molar-refractivity contribution is 7.78. The van der Waals surface area contributed by atoms with Crippen LogP contribution in [0.5, 0.6) is 0 Å². The molecule has 1 atom stereocenters. The number of carbonyl (C=O) groups is 1. The smallest absolute Gasteiger partial charge is 0.303 e. The van der Waals surface area contributed by atoms with Gasteiger partial charge in [-0.2, -0.15) is 0 Å². The van der Waals surface area contributed by atoms with Crippen LogP contribution < -0.4 is 5.32 Å². The Kier molecular flexibility index (Phi) is 5.82. The number of likely N-dealkylation sites (N-methyl/N-ethyl adjacent to an activating group) is 1. The van der Waals surface area contributed by atoms with Crippen molar-refractivity contribution < 1.29 is 23.1 Å². The number of carboxylic acid groups (broad SMARTS) is 1. The van der Waals surface area contributed by atoms with Crippen molar-refractivity contribution >= 4 is 23.7 Å². The summed E-state index contributed by atoms with van der Waals surface area (Å²) in [4.78, 5) is 12.6. The van der Waals surface area contributed by atoms with E-state index in [9.17, 15) is 18.0 Å². The summed E-state index contributed by atoms with van der Waals surface area (Å²) in [6.07, 6.45) is 0.373. The van der Waals surface area contributed by atoms with Gasteiger partial charge in [0.25, 0.3) is 0 Å². The average molecular weight is 358 g/mol. The van der Waals surface area contributed by atoms with Gasteiger partial charge >= 0.3 is 5.97 Å². The van der Waals surface area contributed by atoms with Gasteiger partial charge in [-0.25, -0.2) is 13.2 Å². The van der Waals surface area contributed by atoms with Gasteiger partial charge in [-0.05, 0) is 25.0 Å². The molecule has 0 aromatic heterocycles. The van der Waals surface area contributed by atoms with E-state index in [1.165, 1.54) is 5.49 Å². The molecule has 0 bridgehead atoms. The third-order valence-electron chi connectivity index (χ3n) is 4.05. The van der Waals surface area contributed by atoms with E-state index in [0.29, 0.717) is 17.9 Å². The minimum atomic E-state index is -1.18. The average Bonchev–Trinajstić information content (AvgIpc) is 2.89. The molecule has 1 aliphatic rings. The van der Waals surface area contributed by atoms with Crippen molar-refractivity contribution in [2.75, 3.05) is 13.6 Å². The summed E-state index contributed by atoms with van der Waals surface area (Å²) in [6.45, 7) is 0.294. The van der Waals surface area contributed by atoms with Gasteiger partial charge < -0.3 is 15.3 Å². The van der Waals surface area contributed by atoms with E-state index in [0.717, 1.165) is 12.1 Å². The van der Waals surface area contributed by atoms with Crippen LogP contribution in [0.4, 0.5) is 13.2 Å². The normalized spacial score (nSPS) is 19.3. The largest absolute Gasteiger partial charge is 0.481 e. The minimum absolute atomic E-state index is 0.101. The van der Waals surface area contributed by atoms with Crippen molar-refractivity contribution in [1.29, 1.82) is 0 Å². The Morgan fingerprint density at radius 3 is 2.67 bits per heavy atom. The number of thiocarbonyl (C=S) groups is 1.